The van der Waals surface area contributed by atoms with E-state index in [1.54, 1.807) is 21.3 Å². The van der Waals surface area contributed by atoms with Crippen molar-refractivity contribution in [2.75, 3.05) is 21.3 Å². The van der Waals surface area contributed by atoms with Crippen molar-refractivity contribution in [3.05, 3.63) is 23.3 Å². The standard InChI is InChI=1S/C14H20O4/c1-16-9-11-12(17-2)6-10(7-13(11)18-3)8-14(15)4-5-14/h6-7,15H,4-5,8-9H2,1-3H3. The summed E-state index contributed by atoms with van der Waals surface area (Å²) >= 11 is 0. The molecular weight excluding hydrogens is 232 g/mol. The van der Waals surface area contributed by atoms with Crippen molar-refractivity contribution in [3.63, 3.8) is 0 Å². The molecule has 18 heavy (non-hydrogen) atoms. The molecule has 0 aliphatic heterocycles. The van der Waals surface area contributed by atoms with E-state index in [2.05, 4.69) is 0 Å². The Morgan fingerprint density at radius 1 is 1.11 bits per heavy atom. The normalized spacial score (nSPS) is 16.4. The summed E-state index contributed by atoms with van der Waals surface area (Å²) in [6, 6.07) is 3.90. The van der Waals surface area contributed by atoms with E-state index < -0.39 is 5.60 Å². The lowest BCUT2D eigenvalue weighted by molar-refractivity contribution is 0.150. The van der Waals surface area contributed by atoms with E-state index >= 15 is 0 Å². The van der Waals surface area contributed by atoms with Gasteiger partial charge in [-0.2, -0.15) is 0 Å². The quantitative estimate of drug-likeness (QED) is 0.840. The van der Waals surface area contributed by atoms with Gasteiger partial charge in [0.15, 0.2) is 0 Å². The van der Waals surface area contributed by atoms with E-state index in [0.717, 1.165) is 35.5 Å². The topological polar surface area (TPSA) is 47.9 Å². The molecular formula is C14H20O4. The van der Waals surface area contributed by atoms with Gasteiger partial charge in [-0.3, -0.25) is 0 Å². The van der Waals surface area contributed by atoms with Crippen LogP contribution in [0.25, 0.3) is 0 Å². The summed E-state index contributed by atoms with van der Waals surface area (Å²) in [4.78, 5) is 0. The highest BCUT2D eigenvalue weighted by molar-refractivity contribution is 5.48. The van der Waals surface area contributed by atoms with Gasteiger partial charge in [-0.1, -0.05) is 0 Å². The van der Waals surface area contributed by atoms with E-state index in [4.69, 9.17) is 14.2 Å². The monoisotopic (exact) mass is 252 g/mol. The van der Waals surface area contributed by atoms with Crippen LogP contribution < -0.4 is 9.47 Å². The van der Waals surface area contributed by atoms with Gasteiger partial charge in [-0.25, -0.2) is 0 Å². The second-order valence-corrected chi connectivity index (χ2v) is 4.81. The molecule has 1 N–H and O–H groups in total. The Morgan fingerprint density at radius 2 is 1.67 bits per heavy atom. The lowest BCUT2D eigenvalue weighted by Crippen LogP contribution is -2.11. The van der Waals surface area contributed by atoms with Crippen LogP contribution in [0.2, 0.25) is 0 Å². The minimum atomic E-state index is -0.515. The molecule has 0 amide bonds. The molecule has 2 rings (SSSR count). The van der Waals surface area contributed by atoms with Crippen LogP contribution in [-0.2, 0) is 17.8 Å². The predicted molar refractivity (Wildman–Crippen MR) is 68.1 cm³/mol. The van der Waals surface area contributed by atoms with Gasteiger partial charge in [-0.15, -0.1) is 0 Å². The number of methoxy groups -OCH3 is 3. The minimum Gasteiger partial charge on any atom is -0.496 e. The van der Waals surface area contributed by atoms with Gasteiger partial charge in [0.25, 0.3) is 0 Å². The summed E-state index contributed by atoms with van der Waals surface area (Å²) in [6.07, 6.45) is 2.39. The predicted octanol–water partition coefficient (Wildman–Crippen LogP) is 1.92. The van der Waals surface area contributed by atoms with Gasteiger partial charge in [-0.05, 0) is 30.5 Å². The fourth-order valence-corrected chi connectivity index (χ4v) is 2.13. The maximum atomic E-state index is 9.98. The third-order valence-corrected chi connectivity index (χ3v) is 3.32. The van der Waals surface area contributed by atoms with E-state index in [0.29, 0.717) is 13.0 Å². The molecule has 1 saturated carbocycles. The fourth-order valence-electron chi connectivity index (χ4n) is 2.13. The maximum absolute atomic E-state index is 9.98. The van der Waals surface area contributed by atoms with E-state index in [-0.39, 0.29) is 0 Å². The molecule has 0 saturated heterocycles. The highest BCUT2D eigenvalue weighted by Crippen LogP contribution is 2.40. The first-order chi connectivity index (χ1) is 8.61. The molecule has 1 aliphatic rings. The molecule has 1 aromatic carbocycles. The second-order valence-electron chi connectivity index (χ2n) is 4.81. The van der Waals surface area contributed by atoms with E-state index in [1.165, 1.54) is 0 Å². The van der Waals surface area contributed by atoms with Gasteiger partial charge in [0.05, 0.1) is 32.0 Å². The highest BCUT2D eigenvalue weighted by Gasteiger charge is 2.40. The van der Waals surface area contributed by atoms with Crippen LogP contribution in [-0.4, -0.2) is 32.0 Å². The first kappa shape index (κ1) is 13.2. The second kappa shape index (κ2) is 5.16. The summed E-state index contributed by atoms with van der Waals surface area (Å²) in [5, 5.41) is 9.98. The lowest BCUT2D eigenvalue weighted by atomic mass is 10.0. The smallest absolute Gasteiger partial charge is 0.128 e. The average Bonchev–Trinajstić information content (AvgIpc) is 3.08. The van der Waals surface area contributed by atoms with Crippen LogP contribution in [0.4, 0.5) is 0 Å². The lowest BCUT2D eigenvalue weighted by Gasteiger charge is -2.16. The first-order valence-corrected chi connectivity index (χ1v) is 6.07. The SMILES string of the molecule is COCc1c(OC)cc(CC2(O)CC2)cc1OC. The fraction of sp³-hybridized carbons (Fsp3) is 0.571. The molecule has 0 bridgehead atoms. The van der Waals surface area contributed by atoms with E-state index in [9.17, 15) is 5.11 Å². The molecule has 100 valence electrons. The number of hydrogen-bond acceptors (Lipinski definition) is 4. The van der Waals surface area contributed by atoms with Gasteiger partial charge in [0.2, 0.25) is 0 Å². The molecule has 0 heterocycles. The molecule has 1 fully saturated rings. The summed E-state index contributed by atoms with van der Waals surface area (Å²) in [5.41, 5.74) is 1.41. The van der Waals surface area contributed by atoms with Gasteiger partial charge in [0, 0.05) is 13.5 Å². The zero-order valence-electron chi connectivity index (χ0n) is 11.2. The van der Waals surface area contributed by atoms with Crippen molar-refractivity contribution < 1.29 is 19.3 Å². The molecule has 1 aromatic rings. The zero-order chi connectivity index (χ0) is 13.2. The van der Waals surface area contributed by atoms with Crippen molar-refractivity contribution in [1.82, 2.24) is 0 Å². The highest BCUT2D eigenvalue weighted by atomic mass is 16.5. The Balaban J connectivity index is 2.32. The average molecular weight is 252 g/mol. The Hall–Kier alpha value is -1.26. The molecule has 0 aromatic heterocycles. The van der Waals surface area contributed by atoms with Gasteiger partial charge < -0.3 is 19.3 Å². The van der Waals surface area contributed by atoms with Crippen molar-refractivity contribution in [2.24, 2.45) is 0 Å². The Kier molecular flexibility index (Phi) is 3.78. The molecule has 4 heteroatoms. The molecule has 0 unspecified atom stereocenters. The molecule has 0 radical (unpaired) electrons. The third-order valence-electron chi connectivity index (χ3n) is 3.32. The number of hydrogen-bond donors (Lipinski definition) is 1. The number of benzene rings is 1. The zero-order valence-corrected chi connectivity index (χ0v) is 11.2. The van der Waals surface area contributed by atoms with Gasteiger partial charge >= 0.3 is 0 Å². The Morgan fingerprint density at radius 3 is 2.06 bits per heavy atom. The van der Waals surface area contributed by atoms with Crippen molar-refractivity contribution >= 4 is 0 Å². The largest absolute Gasteiger partial charge is 0.496 e. The third kappa shape index (κ3) is 2.76. The van der Waals surface area contributed by atoms with Crippen LogP contribution in [0.5, 0.6) is 11.5 Å². The summed E-state index contributed by atoms with van der Waals surface area (Å²) < 4.78 is 15.9. The number of rotatable bonds is 6. The van der Waals surface area contributed by atoms with Gasteiger partial charge in [0.1, 0.15) is 11.5 Å². The van der Waals surface area contributed by atoms with Crippen molar-refractivity contribution in [3.8, 4) is 11.5 Å². The summed E-state index contributed by atoms with van der Waals surface area (Å²) in [6.45, 7) is 0.441. The van der Waals surface area contributed by atoms with Crippen molar-refractivity contribution in [2.45, 2.75) is 31.5 Å². The number of aliphatic hydroxyl groups is 1. The number of ether oxygens (including phenoxy) is 3. The van der Waals surface area contributed by atoms with Crippen molar-refractivity contribution in [1.29, 1.82) is 0 Å². The van der Waals surface area contributed by atoms with Crippen LogP contribution in [0.3, 0.4) is 0 Å². The molecule has 1 aliphatic carbocycles. The summed E-state index contributed by atoms with van der Waals surface area (Å²) in [7, 11) is 4.90. The van der Waals surface area contributed by atoms with Crippen LogP contribution in [0.15, 0.2) is 12.1 Å². The first-order valence-electron chi connectivity index (χ1n) is 6.07. The molecule has 0 atom stereocenters. The van der Waals surface area contributed by atoms with E-state index in [1.807, 2.05) is 12.1 Å². The Labute approximate surface area is 107 Å². The molecule has 4 nitrogen and oxygen atoms in total. The maximum Gasteiger partial charge on any atom is 0.128 e. The van der Waals surface area contributed by atoms with Crippen LogP contribution in [0.1, 0.15) is 24.0 Å². The van der Waals surface area contributed by atoms with Crippen LogP contribution >= 0.6 is 0 Å². The minimum absolute atomic E-state index is 0.441. The molecule has 0 spiro atoms. The Bertz CT molecular complexity index is 399. The van der Waals surface area contributed by atoms with Crippen LogP contribution in [0, 0.1) is 0 Å². The summed E-state index contributed by atoms with van der Waals surface area (Å²) in [5.74, 6) is 1.49.